The number of carbonyl (C=O) groups is 1. The maximum atomic E-state index is 12.7. The van der Waals surface area contributed by atoms with Gasteiger partial charge in [-0.2, -0.15) is 4.80 Å². The first-order valence-corrected chi connectivity index (χ1v) is 9.49. The lowest BCUT2D eigenvalue weighted by Crippen LogP contribution is -2.13. The van der Waals surface area contributed by atoms with Crippen molar-refractivity contribution in [2.24, 2.45) is 0 Å². The fraction of sp³-hybridized carbons (Fsp3) is 0.0952. The van der Waals surface area contributed by atoms with E-state index in [0.717, 1.165) is 11.3 Å². The van der Waals surface area contributed by atoms with Gasteiger partial charge in [0, 0.05) is 10.7 Å². The molecule has 1 N–H and O–H groups in total. The number of hydrogen-bond donors (Lipinski definition) is 1. The molecule has 0 saturated carbocycles. The van der Waals surface area contributed by atoms with Crippen molar-refractivity contribution in [3.63, 3.8) is 0 Å². The molecular weight excluding hydrogens is 411 g/mol. The lowest BCUT2D eigenvalue weighted by molar-refractivity contribution is 0.102. The molecule has 4 rings (SSSR count). The molecule has 3 aromatic carbocycles. The number of anilines is 1. The Bertz CT molecular complexity index is 1220. The summed E-state index contributed by atoms with van der Waals surface area (Å²) in [5.41, 5.74) is 4.19. The summed E-state index contributed by atoms with van der Waals surface area (Å²) in [6.45, 7) is 2.02. The summed E-state index contributed by atoms with van der Waals surface area (Å²) < 4.78 is 5.24. The number of carbonyl (C=O) groups excluding carboxylic acids is 1. The number of benzene rings is 3. The number of nitrogens with zero attached hydrogens (tertiary/aromatic N) is 3. The largest absolute Gasteiger partial charge is 0.494 e. The fourth-order valence-corrected chi connectivity index (χ4v) is 3.49. The Labute approximate surface area is 177 Å². The molecule has 0 atom stereocenters. The second-order valence-electron chi connectivity index (χ2n) is 6.45. The van der Waals surface area contributed by atoms with E-state index in [-0.39, 0.29) is 16.3 Å². The first kappa shape index (κ1) is 19.2. The molecule has 0 aliphatic heterocycles. The van der Waals surface area contributed by atoms with Gasteiger partial charge >= 0.3 is 0 Å². The normalized spacial score (nSPS) is 10.9. The number of fused-ring (bicyclic) bond motifs is 1. The number of aromatic nitrogens is 3. The summed E-state index contributed by atoms with van der Waals surface area (Å²) in [5, 5.41) is 12.4. The Morgan fingerprint density at radius 1 is 1.00 bits per heavy atom. The Balaban J connectivity index is 1.64. The van der Waals surface area contributed by atoms with Crippen molar-refractivity contribution in [2.75, 3.05) is 12.4 Å². The van der Waals surface area contributed by atoms with Crippen molar-refractivity contribution < 1.29 is 9.53 Å². The highest BCUT2D eigenvalue weighted by molar-refractivity contribution is 6.36. The van der Waals surface area contributed by atoms with E-state index in [0.29, 0.717) is 21.7 Å². The summed E-state index contributed by atoms with van der Waals surface area (Å²) in [4.78, 5) is 14.3. The zero-order valence-electron chi connectivity index (χ0n) is 15.6. The average Bonchev–Trinajstić information content (AvgIpc) is 3.11. The minimum Gasteiger partial charge on any atom is -0.494 e. The fourth-order valence-electron chi connectivity index (χ4n) is 2.92. The Hall–Kier alpha value is -3.09. The highest BCUT2D eigenvalue weighted by Gasteiger charge is 2.17. The van der Waals surface area contributed by atoms with Crippen LogP contribution in [0.5, 0.6) is 5.75 Å². The second kappa shape index (κ2) is 7.73. The number of nitrogens with one attached hydrogen (secondary N) is 1. The summed E-state index contributed by atoms with van der Waals surface area (Å²) in [6.07, 6.45) is 0. The zero-order valence-corrected chi connectivity index (χ0v) is 17.1. The van der Waals surface area contributed by atoms with Crippen molar-refractivity contribution in [3.8, 4) is 11.4 Å². The number of rotatable bonds is 4. The monoisotopic (exact) mass is 426 g/mol. The van der Waals surface area contributed by atoms with E-state index in [2.05, 4.69) is 15.5 Å². The lowest BCUT2D eigenvalue weighted by Gasteiger charge is -2.11. The molecule has 0 unspecified atom stereocenters. The van der Waals surface area contributed by atoms with Crippen LogP contribution in [0.3, 0.4) is 0 Å². The third kappa shape index (κ3) is 3.90. The molecule has 8 heteroatoms. The summed E-state index contributed by atoms with van der Waals surface area (Å²) >= 11 is 12.2. The molecule has 4 aromatic rings. The van der Waals surface area contributed by atoms with Gasteiger partial charge in [-0.3, -0.25) is 4.79 Å². The van der Waals surface area contributed by atoms with Gasteiger partial charge in [0.05, 0.1) is 23.4 Å². The molecule has 0 fully saturated rings. The van der Waals surface area contributed by atoms with Gasteiger partial charge in [0.25, 0.3) is 5.91 Å². The molecule has 0 aliphatic carbocycles. The lowest BCUT2D eigenvalue weighted by atomic mass is 10.1. The standard InChI is InChI=1S/C21H16Cl2N4O2/c1-12-3-6-15(7-4-12)27-25-18-8-5-14(11-19(18)26-27)24-21(28)16-9-13(22)10-17(23)20(16)29-2/h3-11H,1-2H3,(H,24,28). The molecule has 0 radical (unpaired) electrons. The summed E-state index contributed by atoms with van der Waals surface area (Å²) in [5.74, 6) is -0.128. The molecular formula is C21H16Cl2N4O2. The smallest absolute Gasteiger partial charge is 0.259 e. The van der Waals surface area contributed by atoms with E-state index in [9.17, 15) is 4.79 Å². The molecule has 1 aromatic heterocycles. The number of methoxy groups -OCH3 is 1. The van der Waals surface area contributed by atoms with Gasteiger partial charge in [0.15, 0.2) is 0 Å². The Morgan fingerprint density at radius 2 is 1.72 bits per heavy atom. The van der Waals surface area contributed by atoms with Crippen LogP contribution in [0.1, 0.15) is 15.9 Å². The first-order chi connectivity index (χ1) is 13.9. The molecule has 1 amide bonds. The molecule has 0 saturated heterocycles. The number of aryl methyl sites for hydroxylation is 1. The predicted molar refractivity (Wildman–Crippen MR) is 115 cm³/mol. The van der Waals surface area contributed by atoms with Gasteiger partial charge in [-0.25, -0.2) is 0 Å². The van der Waals surface area contributed by atoms with Gasteiger partial charge in [0.1, 0.15) is 16.8 Å². The van der Waals surface area contributed by atoms with Gasteiger partial charge in [0.2, 0.25) is 0 Å². The first-order valence-electron chi connectivity index (χ1n) is 8.73. The maximum Gasteiger partial charge on any atom is 0.259 e. The van der Waals surface area contributed by atoms with Crippen molar-refractivity contribution in [2.45, 2.75) is 6.92 Å². The van der Waals surface area contributed by atoms with Crippen molar-refractivity contribution >= 4 is 45.8 Å². The number of ether oxygens (including phenoxy) is 1. The van der Waals surface area contributed by atoms with Crippen LogP contribution < -0.4 is 10.1 Å². The molecule has 146 valence electrons. The predicted octanol–water partition coefficient (Wildman–Crippen LogP) is 5.30. The van der Waals surface area contributed by atoms with Gasteiger partial charge in [-0.1, -0.05) is 40.9 Å². The van der Waals surface area contributed by atoms with Crippen LogP contribution in [-0.2, 0) is 0 Å². The van der Waals surface area contributed by atoms with Crippen molar-refractivity contribution in [1.29, 1.82) is 0 Å². The molecule has 6 nitrogen and oxygen atoms in total. The molecule has 0 aliphatic rings. The molecule has 0 spiro atoms. The number of halogens is 2. The van der Waals surface area contributed by atoms with E-state index < -0.39 is 5.91 Å². The van der Waals surface area contributed by atoms with Crippen molar-refractivity contribution in [3.05, 3.63) is 75.8 Å². The van der Waals surface area contributed by atoms with Crippen LogP contribution >= 0.6 is 23.2 Å². The zero-order chi connectivity index (χ0) is 20.5. The third-order valence-electron chi connectivity index (χ3n) is 4.36. The Kier molecular flexibility index (Phi) is 5.13. The molecule has 29 heavy (non-hydrogen) atoms. The average molecular weight is 427 g/mol. The van der Waals surface area contributed by atoms with Crippen LogP contribution in [-0.4, -0.2) is 28.0 Å². The van der Waals surface area contributed by atoms with Crippen LogP contribution in [0.25, 0.3) is 16.7 Å². The van der Waals surface area contributed by atoms with E-state index in [1.54, 1.807) is 23.0 Å². The number of hydrogen-bond acceptors (Lipinski definition) is 4. The minimum absolute atomic E-state index is 0.244. The van der Waals surface area contributed by atoms with Crippen LogP contribution in [0.4, 0.5) is 5.69 Å². The topological polar surface area (TPSA) is 69.0 Å². The molecule has 0 bridgehead atoms. The van der Waals surface area contributed by atoms with E-state index in [4.69, 9.17) is 27.9 Å². The van der Waals surface area contributed by atoms with Crippen LogP contribution in [0.2, 0.25) is 10.0 Å². The maximum absolute atomic E-state index is 12.7. The van der Waals surface area contributed by atoms with E-state index >= 15 is 0 Å². The highest BCUT2D eigenvalue weighted by atomic mass is 35.5. The number of amides is 1. The van der Waals surface area contributed by atoms with Crippen LogP contribution in [0, 0.1) is 6.92 Å². The summed E-state index contributed by atoms with van der Waals surface area (Å²) in [6, 6.07) is 16.2. The Morgan fingerprint density at radius 3 is 2.45 bits per heavy atom. The summed E-state index contributed by atoms with van der Waals surface area (Å²) in [7, 11) is 1.45. The quantitative estimate of drug-likeness (QED) is 0.480. The third-order valence-corrected chi connectivity index (χ3v) is 4.86. The van der Waals surface area contributed by atoms with Crippen molar-refractivity contribution in [1.82, 2.24) is 15.0 Å². The second-order valence-corrected chi connectivity index (χ2v) is 7.29. The van der Waals surface area contributed by atoms with E-state index in [1.807, 2.05) is 31.2 Å². The SMILES string of the molecule is COc1c(Cl)cc(Cl)cc1C(=O)Nc1ccc2nn(-c3ccc(C)cc3)nc2c1. The minimum atomic E-state index is -0.392. The van der Waals surface area contributed by atoms with Crippen LogP contribution in [0.15, 0.2) is 54.6 Å². The van der Waals surface area contributed by atoms with Gasteiger partial charge < -0.3 is 10.1 Å². The highest BCUT2D eigenvalue weighted by Crippen LogP contribution is 2.32. The van der Waals surface area contributed by atoms with Gasteiger partial charge in [-0.15, -0.1) is 10.2 Å². The molecule has 1 heterocycles. The van der Waals surface area contributed by atoms with E-state index in [1.165, 1.54) is 19.2 Å². The van der Waals surface area contributed by atoms with Gasteiger partial charge in [-0.05, 0) is 49.4 Å².